The van der Waals surface area contributed by atoms with E-state index < -0.39 is 0 Å². The summed E-state index contributed by atoms with van der Waals surface area (Å²) in [6, 6.07) is 0.152. The van der Waals surface area contributed by atoms with Crippen molar-refractivity contribution in [2.75, 3.05) is 11.9 Å². The van der Waals surface area contributed by atoms with E-state index in [1.165, 1.54) is 0 Å². The largest absolute Gasteiger partial charge is 0.408 e. The molecule has 0 unspecified atom stereocenters. The zero-order chi connectivity index (χ0) is 11.5. The maximum Gasteiger partial charge on any atom is 0.322 e. The monoisotopic (exact) mass is 225 g/mol. The molecule has 0 saturated heterocycles. The lowest BCUT2D eigenvalue weighted by atomic mass is 10.4. The van der Waals surface area contributed by atoms with Crippen LogP contribution in [0.1, 0.15) is 38.5 Å². The molecule has 1 aromatic heterocycles. The molecule has 16 heavy (non-hydrogen) atoms. The summed E-state index contributed by atoms with van der Waals surface area (Å²) in [5.41, 5.74) is 0. The first kappa shape index (κ1) is 11.1. The average molecular weight is 225 g/mol. The van der Waals surface area contributed by atoms with Gasteiger partial charge in [0.1, 0.15) is 6.61 Å². The minimum Gasteiger partial charge on any atom is -0.408 e. The van der Waals surface area contributed by atoms with Crippen LogP contribution in [-0.2, 0) is 9.53 Å². The second-order valence-electron chi connectivity index (χ2n) is 4.13. The van der Waals surface area contributed by atoms with E-state index in [2.05, 4.69) is 15.5 Å². The fraction of sp³-hybridized carbons (Fsp3) is 0.700. The first-order chi connectivity index (χ1) is 7.65. The van der Waals surface area contributed by atoms with Crippen molar-refractivity contribution in [1.29, 1.82) is 0 Å². The SMILES string of the molecule is CC(C)OCC(=O)Nc1nnc(C2CC2)o1. The first-order valence-electron chi connectivity index (χ1n) is 5.40. The van der Waals surface area contributed by atoms with Crippen LogP contribution in [0.5, 0.6) is 0 Å². The van der Waals surface area contributed by atoms with Crippen molar-refractivity contribution in [3.8, 4) is 0 Å². The fourth-order valence-corrected chi connectivity index (χ4v) is 1.18. The molecular formula is C10H15N3O3. The number of hydrogen-bond donors (Lipinski definition) is 1. The van der Waals surface area contributed by atoms with Gasteiger partial charge < -0.3 is 9.15 Å². The van der Waals surface area contributed by atoms with Crippen molar-refractivity contribution >= 4 is 11.9 Å². The third-order valence-electron chi connectivity index (χ3n) is 2.16. The molecule has 0 aliphatic heterocycles. The average Bonchev–Trinajstić information content (AvgIpc) is 2.98. The van der Waals surface area contributed by atoms with Gasteiger partial charge in [0.15, 0.2) is 0 Å². The summed E-state index contributed by atoms with van der Waals surface area (Å²) >= 11 is 0. The van der Waals surface area contributed by atoms with E-state index in [1.807, 2.05) is 13.8 Å². The molecule has 0 aromatic carbocycles. The Morgan fingerprint density at radius 1 is 1.56 bits per heavy atom. The van der Waals surface area contributed by atoms with Crippen LogP contribution in [0, 0.1) is 0 Å². The topological polar surface area (TPSA) is 77.2 Å². The van der Waals surface area contributed by atoms with E-state index in [-0.39, 0.29) is 24.6 Å². The van der Waals surface area contributed by atoms with Crippen LogP contribution in [0.4, 0.5) is 6.01 Å². The number of ether oxygens (including phenoxy) is 1. The van der Waals surface area contributed by atoms with Crippen LogP contribution >= 0.6 is 0 Å². The lowest BCUT2D eigenvalue weighted by Gasteiger charge is -2.05. The molecule has 1 saturated carbocycles. The highest BCUT2D eigenvalue weighted by Gasteiger charge is 2.29. The Labute approximate surface area is 93.4 Å². The molecule has 0 radical (unpaired) electrons. The number of nitrogens with zero attached hydrogens (tertiary/aromatic N) is 2. The number of carbonyl (C=O) groups excluding carboxylic acids is 1. The zero-order valence-corrected chi connectivity index (χ0v) is 9.40. The van der Waals surface area contributed by atoms with Crippen LogP contribution in [0.2, 0.25) is 0 Å². The molecule has 1 heterocycles. The second-order valence-corrected chi connectivity index (χ2v) is 4.13. The van der Waals surface area contributed by atoms with Gasteiger partial charge in [-0.1, -0.05) is 5.10 Å². The molecule has 6 nitrogen and oxygen atoms in total. The van der Waals surface area contributed by atoms with Crippen molar-refractivity contribution in [2.45, 2.75) is 38.7 Å². The van der Waals surface area contributed by atoms with E-state index in [0.717, 1.165) is 12.8 Å². The Bertz CT molecular complexity index is 371. The minimum absolute atomic E-state index is 0.00118. The van der Waals surface area contributed by atoms with Crippen LogP contribution in [0.15, 0.2) is 4.42 Å². The highest BCUT2D eigenvalue weighted by molar-refractivity contribution is 5.89. The van der Waals surface area contributed by atoms with E-state index >= 15 is 0 Å². The predicted molar refractivity (Wildman–Crippen MR) is 56.0 cm³/mol. The molecule has 0 spiro atoms. The fourth-order valence-electron chi connectivity index (χ4n) is 1.18. The number of anilines is 1. The van der Waals surface area contributed by atoms with Gasteiger partial charge >= 0.3 is 6.01 Å². The van der Waals surface area contributed by atoms with Crippen LogP contribution < -0.4 is 5.32 Å². The molecule has 88 valence electrons. The lowest BCUT2D eigenvalue weighted by Crippen LogP contribution is -2.20. The van der Waals surface area contributed by atoms with Crippen molar-refractivity contribution in [2.24, 2.45) is 0 Å². The summed E-state index contributed by atoms with van der Waals surface area (Å²) < 4.78 is 10.4. The molecule has 6 heteroatoms. The highest BCUT2D eigenvalue weighted by atomic mass is 16.5. The minimum atomic E-state index is -0.278. The molecule has 1 aromatic rings. The van der Waals surface area contributed by atoms with Gasteiger partial charge in [-0.05, 0) is 26.7 Å². The van der Waals surface area contributed by atoms with Gasteiger partial charge in [0.25, 0.3) is 5.91 Å². The standard InChI is InChI=1S/C10H15N3O3/c1-6(2)15-5-8(14)11-10-13-12-9(16-10)7-3-4-7/h6-7H,3-5H2,1-2H3,(H,11,13,14). The number of carbonyl (C=O) groups is 1. The lowest BCUT2D eigenvalue weighted by molar-refractivity contribution is -0.122. The number of rotatable bonds is 5. The summed E-state index contributed by atoms with van der Waals surface area (Å²) in [4.78, 5) is 11.3. The van der Waals surface area contributed by atoms with Crippen molar-refractivity contribution in [1.82, 2.24) is 10.2 Å². The van der Waals surface area contributed by atoms with Crippen molar-refractivity contribution < 1.29 is 13.9 Å². The predicted octanol–water partition coefficient (Wildman–Crippen LogP) is 1.31. The van der Waals surface area contributed by atoms with Gasteiger partial charge in [-0.2, -0.15) is 0 Å². The molecule has 0 atom stereocenters. The Morgan fingerprint density at radius 2 is 2.31 bits per heavy atom. The van der Waals surface area contributed by atoms with Crippen LogP contribution in [0.25, 0.3) is 0 Å². The van der Waals surface area contributed by atoms with Crippen molar-refractivity contribution in [3.05, 3.63) is 5.89 Å². The summed E-state index contributed by atoms with van der Waals surface area (Å²) in [6.07, 6.45) is 2.20. The number of nitrogens with one attached hydrogen (secondary N) is 1. The summed E-state index contributed by atoms with van der Waals surface area (Å²) in [6.45, 7) is 3.73. The van der Waals surface area contributed by atoms with Gasteiger partial charge in [-0.15, -0.1) is 5.10 Å². The maximum atomic E-state index is 11.3. The summed E-state index contributed by atoms with van der Waals surface area (Å²) in [5, 5.41) is 10.1. The van der Waals surface area contributed by atoms with E-state index in [9.17, 15) is 4.79 Å². The molecular weight excluding hydrogens is 210 g/mol. The second kappa shape index (κ2) is 4.61. The Kier molecular flexibility index (Phi) is 3.19. The van der Waals surface area contributed by atoms with E-state index in [4.69, 9.17) is 9.15 Å². The van der Waals surface area contributed by atoms with Gasteiger partial charge in [-0.25, -0.2) is 0 Å². The Hall–Kier alpha value is -1.43. The molecule has 0 bridgehead atoms. The van der Waals surface area contributed by atoms with Crippen LogP contribution in [0.3, 0.4) is 0 Å². The molecule has 1 fully saturated rings. The number of hydrogen-bond acceptors (Lipinski definition) is 5. The van der Waals surface area contributed by atoms with Gasteiger partial charge in [0.05, 0.1) is 6.10 Å². The Balaban J connectivity index is 1.80. The maximum absolute atomic E-state index is 11.3. The summed E-state index contributed by atoms with van der Waals surface area (Å²) in [7, 11) is 0. The molecule has 1 amide bonds. The van der Waals surface area contributed by atoms with E-state index in [1.54, 1.807) is 0 Å². The third-order valence-corrected chi connectivity index (χ3v) is 2.16. The first-order valence-corrected chi connectivity index (χ1v) is 5.40. The van der Waals surface area contributed by atoms with E-state index in [0.29, 0.717) is 11.8 Å². The molecule has 1 N–H and O–H groups in total. The van der Waals surface area contributed by atoms with Gasteiger partial charge in [0.2, 0.25) is 5.89 Å². The number of aromatic nitrogens is 2. The summed E-state index contributed by atoms with van der Waals surface area (Å²) in [5.74, 6) is 0.727. The number of amides is 1. The quantitative estimate of drug-likeness (QED) is 0.817. The molecule has 2 rings (SSSR count). The highest BCUT2D eigenvalue weighted by Crippen LogP contribution is 2.39. The van der Waals surface area contributed by atoms with Gasteiger partial charge in [0, 0.05) is 5.92 Å². The van der Waals surface area contributed by atoms with Gasteiger partial charge in [-0.3, -0.25) is 10.1 Å². The smallest absolute Gasteiger partial charge is 0.322 e. The third kappa shape index (κ3) is 3.03. The zero-order valence-electron chi connectivity index (χ0n) is 9.40. The molecule has 1 aliphatic carbocycles. The van der Waals surface area contributed by atoms with Crippen LogP contribution in [-0.4, -0.2) is 28.8 Å². The Morgan fingerprint density at radius 3 is 2.94 bits per heavy atom. The normalized spacial score (nSPS) is 15.4. The van der Waals surface area contributed by atoms with Crippen molar-refractivity contribution in [3.63, 3.8) is 0 Å². The molecule has 1 aliphatic rings.